The summed E-state index contributed by atoms with van der Waals surface area (Å²) in [6.45, 7) is 3.18. The predicted octanol–water partition coefficient (Wildman–Crippen LogP) is 3.16. The van der Waals surface area contributed by atoms with E-state index < -0.39 is 10.0 Å². The van der Waals surface area contributed by atoms with Gasteiger partial charge in [0.1, 0.15) is 5.82 Å². The third-order valence-corrected chi connectivity index (χ3v) is 9.12. The highest BCUT2D eigenvalue weighted by molar-refractivity contribution is 8.00. The van der Waals surface area contributed by atoms with Gasteiger partial charge in [-0.3, -0.25) is 9.36 Å². The zero-order valence-electron chi connectivity index (χ0n) is 18.9. The molecule has 1 atom stereocenters. The molecule has 1 saturated heterocycles. The molecule has 0 N–H and O–H groups in total. The fraction of sp³-hybridized carbons (Fsp3) is 0.375. The Bertz CT molecular complexity index is 1250. The molecule has 2 fully saturated rings. The van der Waals surface area contributed by atoms with Gasteiger partial charge in [-0.05, 0) is 44.0 Å². The minimum atomic E-state index is -3.55. The van der Waals surface area contributed by atoms with Crippen molar-refractivity contribution in [3.63, 3.8) is 0 Å². The lowest BCUT2D eigenvalue weighted by atomic mass is 10.3. The Balaban J connectivity index is 1.26. The lowest BCUT2D eigenvalue weighted by molar-refractivity contribution is -0.131. The summed E-state index contributed by atoms with van der Waals surface area (Å²) >= 11 is 1.40. The van der Waals surface area contributed by atoms with E-state index in [4.69, 9.17) is 0 Å². The van der Waals surface area contributed by atoms with E-state index in [1.54, 1.807) is 35.2 Å². The number of benzene rings is 2. The Labute approximate surface area is 204 Å². The molecule has 1 unspecified atom stereocenters. The monoisotopic (exact) mass is 497 g/mol. The first-order valence-corrected chi connectivity index (χ1v) is 13.8. The van der Waals surface area contributed by atoms with Crippen LogP contribution in [0.15, 0.2) is 70.7 Å². The topological polar surface area (TPSA) is 88.4 Å². The minimum absolute atomic E-state index is 0.0163. The maximum Gasteiger partial charge on any atom is 0.243 e. The lowest BCUT2D eigenvalue weighted by Crippen LogP contribution is -2.52. The van der Waals surface area contributed by atoms with Crippen LogP contribution in [0.5, 0.6) is 0 Å². The minimum Gasteiger partial charge on any atom is -0.339 e. The number of para-hydroxylation sites is 1. The average Bonchev–Trinajstić information content (AvgIpc) is 3.64. The Kier molecular flexibility index (Phi) is 6.46. The molecule has 178 valence electrons. The van der Waals surface area contributed by atoms with Gasteiger partial charge in [-0.2, -0.15) is 4.31 Å². The van der Waals surface area contributed by atoms with Crippen molar-refractivity contribution in [2.24, 2.45) is 0 Å². The zero-order chi connectivity index (χ0) is 23.7. The summed E-state index contributed by atoms with van der Waals surface area (Å²) < 4.78 is 29.3. The van der Waals surface area contributed by atoms with Crippen LogP contribution in [0.1, 0.15) is 31.5 Å². The van der Waals surface area contributed by atoms with Crippen LogP contribution in [0.2, 0.25) is 0 Å². The molecular formula is C24H27N5O3S2. The van der Waals surface area contributed by atoms with Crippen LogP contribution in [-0.4, -0.2) is 69.7 Å². The first-order valence-electron chi connectivity index (χ1n) is 11.5. The van der Waals surface area contributed by atoms with E-state index >= 15 is 0 Å². The van der Waals surface area contributed by atoms with Crippen LogP contribution in [-0.2, 0) is 14.8 Å². The van der Waals surface area contributed by atoms with E-state index in [1.807, 2.05) is 37.3 Å². The maximum absolute atomic E-state index is 13.2. The number of hydrogen-bond acceptors (Lipinski definition) is 6. The van der Waals surface area contributed by atoms with Crippen molar-refractivity contribution in [1.29, 1.82) is 0 Å². The van der Waals surface area contributed by atoms with E-state index in [0.29, 0.717) is 24.2 Å². The van der Waals surface area contributed by atoms with Crippen LogP contribution < -0.4 is 0 Å². The second-order valence-corrected chi connectivity index (χ2v) is 11.8. The third-order valence-electron chi connectivity index (χ3n) is 6.18. The molecule has 2 aliphatic rings. The number of carbonyl (C=O) groups excluding carboxylic acids is 1. The average molecular weight is 498 g/mol. The number of piperazine rings is 1. The number of sulfonamides is 1. The van der Waals surface area contributed by atoms with Gasteiger partial charge in [-0.15, -0.1) is 10.2 Å². The van der Waals surface area contributed by atoms with Crippen LogP contribution >= 0.6 is 11.8 Å². The number of aromatic nitrogens is 3. The summed E-state index contributed by atoms with van der Waals surface area (Å²) in [6, 6.07) is 18.4. The van der Waals surface area contributed by atoms with Crippen molar-refractivity contribution in [3.05, 3.63) is 66.5 Å². The molecule has 1 aliphatic heterocycles. The molecule has 2 aromatic carbocycles. The first-order chi connectivity index (χ1) is 16.4. The number of rotatable bonds is 7. The van der Waals surface area contributed by atoms with E-state index in [0.717, 1.165) is 24.4 Å². The van der Waals surface area contributed by atoms with Crippen LogP contribution in [0.3, 0.4) is 0 Å². The lowest BCUT2D eigenvalue weighted by Gasteiger charge is -2.35. The molecular weight excluding hydrogens is 470 g/mol. The molecule has 1 aromatic heterocycles. The molecule has 3 aromatic rings. The molecule has 1 saturated carbocycles. The number of hydrogen-bond donors (Lipinski definition) is 0. The molecule has 0 spiro atoms. The van der Waals surface area contributed by atoms with E-state index in [9.17, 15) is 13.2 Å². The molecule has 0 bridgehead atoms. The largest absolute Gasteiger partial charge is 0.339 e. The van der Waals surface area contributed by atoms with Gasteiger partial charge in [0, 0.05) is 37.8 Å². The van der Waals surface area contributed by atoms with Crippen LogP contribution in [0.25, 0.3) is 5.69 Å². The van der Waals surface area contributed by atoms with Gasteiger partial charge in [0.05, 0.1) is 10.1 Å². The van der Waals surface area contributed by atoms with Crippen molar-refractivity contribution < 1.29 is 13.2 Å². The molecule has 5 rings (SSSR count). The third kappa shape index (κ3) is 4.62. The number of thioether (sulfide) groups is 1. The Morgan fingerprint density at radius 3 is 2.18 bits per heavy atom. The normalized spacial score (nSPS) is 18.1. The van der Waals surface area contributed by atoms with Gasteiger partial charge in [0.25, 0.3) is 0 Å². The highest BCUT2D eigenvalue weighted by Gasteiger charge is 2.34. The number of amides is 1. The molecule has 0 radical (unpaired) electrons. The summed E-state index contributed by atoms with van der Waals surface area (Å²) in [6.07, 6.45) is 2.22. The zero-order valence-corrected chi connectivity index (χ0v) is 20.6. The van der Waals surface area contributed by atoms with Crippen molar-refractivity contribution in [3.8, 4) is 5.69 Å². The summed E-state index contributed by atoms with van der Waals surface area (Å²) in [5.41, 5.74) is 0.997. The second-order valence-electron chi connectivity index (χ2n) is 8.59. The summed E-state index contributed by atoms with van der Waals surface area (Å²) in [5, 5.41) is 9.20. The summed E-state index contributed by atoms with van der Waals surface area (Å²) in [5.74, 6) is 1.36. The first kappa shape index (κ1) is 23.1. The SMILES string of the molecule is CC(Sc1nnc(C2CC2)n1-c1ccccc1)C(=O)N1CCN(S(=O)(=O)c2ccccc2)CC1. The maximum atomic E-state index is 13.2. The molecule has 8 nitrogen and oxygen atoms in total. The van der Waals surface area contributed by atoms with Crippen molar-refractivity contribution in [2.75, 3.05) is 26.2 Å². The van der Waals surface area contributed by atoms with Crippen LogP contribution in [0.4, 0.5) is 0 Å². The molecule has 2 heterocycles. The van der Waals surface area contributed by atoms with Crippen molar-refractivity contribution in [1.82, 2.24) is 24.0 Å². The molecule has 1 aliphatic carbocycles. The molecule has 34 heavy (non-hydrogen) atoms. The van der Waals surface area contributed by atoms with Crippen molar-refractivity contribution >= 4 is 27.7 Å². The Hall–Kier alpha value is -2.69. The van der Waals surface area contributed by atoms with Gasteiger partial charge >= 0.3 is 0 Å². The van der Waals surface area contributed by atoms with Gasteiger partial charge in [-0.1, -0.05) is 48.2 Å². The quantitative estimate of drug-likeness (QED) is 0.466. The van der Waals surface area contributed by atoms with Crippen LogP contribution in [0, 0.1) is 0 Å². The van der Waals surface area contributed by atoms with Gasteiger partial charge in [-0.25, -0.2) is 8.42 Å². The van der Waals surface area contributed by atoms with E-state index in [2.05, 4.69) is 14.8 Å². The van der Waals surface area contributed by atoms with E-state index in [1.165, 1.54) is 16.1 Å². The van der Waals surface area contributed by atoms with E-state index in [-0.39, 0.29) is 29.1 Å². The second kappa shape index (κ2) is 9.52. The molecule has 10 heteroatoms. The Morgan fingerprint density at radius 1 is 0.941 bits per heavy atom. The highest BCUT2D eigenvalue weighted by Crippen LogP contribution is 2.41. The number of carbonyl (C=O) groups is 1. The summed E-state index contributed by atoms with van der Waals surface area (Å²) in [7, 11) is -3.55. The summed E-state index contributed by atoms with van der Waals surface area (Å²) in [4.78, 5) is 15.2. The standard InChI is InChI=1S/C24H27N5O3S2/c1-18(33-24-26-25-22(19-12-13-19)29(24)20-8-4-2-5-9-20)23(30)27-14-16-28(17-15-27)34(31,32)21-10-6-3-7-11-21/h2-11,18-19H,12-17H2,1H3. The fourth-order valence-corrected chi connectivity index (χ4v) is 6.54. The highest BCUT2D eigenvalue weighted by atomic mass is 32.2. The van der Waals surface area contributed by atoms with Gasteiger partial charge < -0.3 is 4.90 Å². The van der Waals surface area contributed by atoms with Gasteiger partial charge in [0.2, 0.25) is 15.9 Å². The molecule has 1 amide bonds. The Morgan fingerprint density at radius 2 is 1.56 bits per heavy atom. The predicted molar refractivity (Wildman–Crippen MR) is 130 cm³/mol. The fourth-order valence-electron chi connectivity index (χ4n) is 4.14. The van der Waals surface area contributed by atoms with Gasteiger partial charge in [0.15, 0.2) is 5.16 Å². The van der Waals surface area contributed by atoms with Crippen molar-refractivity contribution in [2.45, 2.75) is 41.0 Å². The smallest absolute Gasteiger partial charge is 0.243 e. The number of nitrogens with zero attached hydrogens (tertiary/aromatic N) is 5.